The van der Waals surface area contributed by atoms with E-state index >= 15 is 0 Å². The zero-order chi connectivity index (χ0) is 13.7. The number of hydrogen-bond acceptors (Lipinski definition) is 3. The molecular formula is C15H17N3S. The summed E-state index contributed by atoms with van der Waals surface area (Å²) in [5.41, 5.74) is 3.74. The minimum atomic E-state index is 0.608. The molecule has 0 saturated heterocycles. The highest BCUT2D eigenvalue weighted by Crippen LogP contribution is 2.24. The van der Waals surface area contributed by atoms with E-state index in [2.05, 4.69) is 47.7 Å². The van der Waals surface area contributed by atoms with Gasteiger partial charge in [0.2, 0.25) is 0 Å². The fourth-order valence-corrected chi connectivity index (χ4v) is 2.80. The van der Waals surface area contributed by atoms with Gasteiger partial charge < -0.3 is 0 Å². The number of nitrogens with zero attached hydrogens (tertiary/aromatic N) is 3. The minimum Gasteiger partial charge on any atom is -0.295 e. The van der Waals surface area contributed by atoms with Gasteiger partial charge in [0, 0.05) is 24.6 Å². The molecule has 0 fully saturated rings. The van der Waals surface area contributed by atoms with E-state index in [1.807, 2.05) is 12.4 Å². The van der Waals surface area contributed by atoms with Crippen molar-refractivity contribution in [3.8, 4) is 11.8 Å². The molecule has 0 saturated carbocycles. The second-order valence-corrected chi connectivity index (χ2v) is 5.47. The van der Waals surface area contributed by atoms with E-state index in [9.17, 15) is 0 Å². The predicted octanol–water partition coefficient (Wildman–Crippen LogP) is 3.89. The summed E-state index contributed by atoms with van der Waals surface area (Å²) >= 11 is 1.70. The SMILES string of the molecule is Cc1cccc(-n2ccnc2SCCCC#N)c1C. The Bertz CT molecular complexity index is 596. The van der Waals surface area contributed by atoms with Crippen molar-refractivity contribution in [2.24, 2.45) is 0 Å². The molecule has 19 heavy (non-hydrogen) atoms. The highest BCUT2D eigenvalue weighted by atomic mass is 32.2. The second-order valence-electron chi connectivity index (χ2n) is 4.41. The number of hydrogen-bond donors (Lipinski definition) is 0. The number of benzene rings is 1. The molecule has 0 amide bonds. The van der Waals surface area contributed by atoms with Crippen molar-refractivity contribution in [2.75, 3.05) is 5.75 Å². The second kappa shape index (κ2) is 6.44. The van der Waals surface area contributed by atoms with Crippen LogP contribution in [-0.4, -0.2) is 15.3 Å². The molecule has 1 heterocycles. The highest BCUT2D eigenvalue weighted by molar-refractivity contribution is 7.99. The zero-order valence-corrected chi connectivity index (χ0v) is 12.1. The van der Waals surface area contributed by atoms with Crippen LogP contribution in [0.2, 0.25) is 0 Å². The topological polar surface area (TPSA) is 41.6 Å². The number of imidazole rings is 1. The van der Waals surface area contributed by atoms with Crippen LogP contribution >= 0.6 is 11.8 Å². The third-order valence-corrected chi connectivity index (χ3v) is 4.16. The number of thioether (sulfide) groups is 1. The van der Waals surface area contributed by atoms with Gasteiger partial charge in [0.1, 0.15) is 0 Å². The van der Waals surface area contributed by atoms with Gasteiger partial charge in [-0.1, -0.05) is 23.9 Å². The van der Waals surface area contributed by atoms with E-state index in [0.717, 1.165) is 17.3 Å². The quantitative estimate of drug-likeness (QED) is 0.612. The van der Waals surface area contributed by atoms with Gasteiger partial charge in [0.15, 0.2) is 5.16 Å². The Morgan fingerprint density at radius 3 is 3.00 bits per heavy atom. The van der Waals surface area contributed by atoms with Crippen molar-refractivity contribution in [2.45, 2.75) is 31.8 Å². The van der Waals surface area contributed by atoms with E-state index in [0.29, 0.717) is 6.42 Å². The molecule has 1 aromatic heterocycles. The van der Waals surface area contributed by atoms with Crippen LogP contribution in [0.1, 0.15) is 24.0 Å². The lowest BCUT2D eigenvalue weighted by Gasteiger charge is -2.12. The summed E-state index contributed by atoms with van der Waals surface area (Å²) < 4.78 is 2.12. The Morgan fingerprint density at radius 1 is 1.37 bits per heavy atom. The van der Waals surface area contributed by atoms with E-state index < -0.39 is 0 Å². The molecule has 4 heteroatoms. The van der Waals surface area contributed by atoms with Crippen LogP contribution in [0, 0.1) is 25.2 Å². The molecule has 0 radical (unpaired) electrons. The fraction of sp³-hybridized carbons (Fsp3) is 0.333. The Morgan fingerprint density at radius 2 is 2.21 bits per heavy atom. The van der Waals surface area contributed by atoms with E-state index in [4.69, 9.17) is 5.26 Å². The molecule has 3 nitrogen and oxygen atoms in total. The number of aryl methyl sites for hydroxylation is 1. The molecule has 0 spiro atoms. The van der Waals surface area contributed by atoms with Crippen LogP contribution in [0.15, 0.2) is 35.7 Å². The Hall–Kier alpha value is -1.73. The summed E-state index contributed by atoms with van der Waals surface area (Å²) in [5.74, 6) is 0.926. The molecule has 0 N–H and O–H groups in total. The van der Waals surface area contributed by atoms with Crippen LogP contribution in [0.4, 0.5) is 0 Å². The van der Waals surface area contributed by atoms with Gasteiger partial charge in [-0.2, -0.15) is 5.26 Å². The maximum atomic E-state index is 8.54. The summed E-state index contributed by atoms with van der Waals surface area (Å²) in [4.78, 5) is 4.40. The van der Waals surface area contributed by atoms with Gasteiger partial charge in [0.05, 0.1) is 11.8 Å². The molecule has 0 aliphatic heterocycles. The number of aromatic nitrogens is 2. The lowest BCUT2D eigenvalue weighted by Crippen LogP contribution is -1.99. The van der Waals surface area contributed by atoms with Gasteiger partial charge in [-0.25, -0.2) is 4.98 Å². The maximum absolute atomic E-state index is 8.54. The molecule has 1 aromatic carbocycles. The molecule has 0 aliphatic rings. The minimum absolute atomic E-state index is 0.608. The van der Waals surface area contributed by atoms with Crippen LogP contribution in [0.3, 0.4) is 0 Å². The van der Waals surface area contributed by atoms with Crippen molar-refractivity contribution < 1.29 is 0 Å². The molecular weight excluding hydrogens is 254 g/mol. The van der Waals surface area contributed by atoms with Crippen molar-refractivity contribution in [1.29, 1.82) is 5.26 Å². The largest absolute Gasteiger partial charge is 0.295 e. The average Bonchev–Trinajstić information content (AvgIpc) is 2.86. The summed E-state index contributed by atoms with van der Waals surface area (Å²) in [5, 5.41) is 9.54. The van der Waals surface area contributed by atoms with Crippen molar-refractivity contribution in [1.82, 2.24) is 9.55 Å². The van der Waals surface area contributed by atoms with Gasteiger partial charge in [-0.15, -0.1) is 0 Å². The first kappa shape index (κ1) is 13.7. The summed E-state index contributed by atoms with van der Waals surface area (Å²) in [7, 11) is 0. The van der Waals surface area contributed by atoms with Gasteiger partial charge in [-0.05, 0) is 37.5 Å². The molecule has 0 atom stereocenters. The molecule has 2 aromatic rings. The Kier molecular flexibility index (Phi) is 4.64. The van der Waals surface area contributed by atoms with Crippen LogP contribution in [0.25, 0.3) is 5.69 Å². The average molecular weight is 271 g/mol. The molecule has 0 bridgehead atoms. The lowest BCUT2D eigenvalue weighted by atomic mass is 10.1. The van der Waals surface area contributed by atoms with Crippen LogP contribution in [-0.2, 0) is 0 Å². The van der Waals surface area contributed by atoms with E-state index in [-0.39, 0.29) is 0 Å². The van der Waals surface area contributed by atoms with Crippen LogP contribution in [0.5, 0.6) is 0 Å². The third kappa shape index (κ3) is 3.18. The fourth-order valence-electron chi connectivity index (χ4n) is 1.89. The molecule has 0 unspecified atom stereocenters. The standard InChI is InChI=1S/C15H17N3S/c1-12-6-5-7-14(13(12)2)18-10-9-17-15(18)19-11-4-3-8-16/h5-7,9-10H,3-4,11H2,1-2H3. The zero-order valence-electron chi connectivity index (χ0n) is 11.3. The molecule has 0 aliphatic carbocycles. The van der Waals surface area contributed by atoms with Crippen LogP contribution < -0.4 is 0 Å². The van der Waals surface area contributed by atoms with E-state index in [1.54, 1.807) is 11.8 Å². The normalized spacial score (nSPS) is 10.4. The molecule has 2 rings (SSSR count). The van der Waals surface area contributed by atoms with Crippen molar-refractivity contribution in [3.05, 3.63) is 41.7 Å². The smallest absolute Gasteiger partial charge is 0.172 e. The van der Waals surface area contributed by atoms with Crippen molar-refractivity contribution in [3.63, 3.8) is 0 Å². The first-order chi connectivity index (χ1) is 9.24. The molecule has 98 valence electrons. The van der Waals surface area contributed by atoms with Gasteiger partial charge >= 0.3 is 0 Å². The number of unbranched alkanes of at least 4 members (excludes halogenated alkanes) is 1. The van der Waals surface area contributed by atoms with Crippen molar-refractivity contribution >= 4 is 11.8 Å². The first-order valence-corrected chi connectivity index (χ1v) is 7.32. The van der Waals surface area contributed by atoms with E-state index in [1.165, 1.54) is 16.8 Å². The lowest BCUT2D eigenvalue weighted by molar-refractivity contribution is 0.880. The maximum Gasteiger partial charge on any atom is 0.172 e. The first-order valence-electron chi connectivity index (χ1n) is 6.33. The number of rotatable bonds is 5. The predicted molar refractivity (Wildman–Crippen MR) is 78.6 cm³/mol. The monoisotopic (exact) mass is 271 g/mol. The van der Waals surface area contributed by atoms with Gasteiger partial charge in [0.25, 0.3) is 0 Å². The number of nitriles is 1. The Labute approximate surface area is 118 Å². The highest BCUT2D eigenvalue weighted by Gasteiger charge is 2.08. The summed E-state index contributed by atoms with van der Waals surface area (Å²) in [6, 6.07) is 8.48. The summed E-state index contributed by atoms with van der Waals surface area (Å²) in [6.07, 6.45) is 5.33. The Balaban J connectivity index is 2.19. The third-order valence-electron chi connectivity index (χ3n) is 3.11. The van der Waals surface area contributed by atoms with Gasteiger partial charge in [-0.3, -0.25) is 4.57 Å². The summed E-state index contributed by atoms with van der Waals surface area (Å²) in [6.45, 7) is 4.25.